The van der Waals surface area contributed by atoms with Gasteiger partial charge in [0.15, 0.2) is 5.65 Å². The zero-order valence-corrected chi connectivity index (χ0v) is 28.7. The Hall–Kier alpha value is -6.29. The molecule has 266 valence electrons. The number of aryl methyl sites for hydroxylation is 1. The summed E-state index contributed by atoms with van der Waals surface area (Å²) < 4.78 is 9.60. The normalized spacial score (nSPS) is 13.2. The molecule has 7 rings (SSSR count). The molecular weight excluding hydrogens is 656 g/mol. The Kier molecular flexibility index (Phi) is 11.3. The number of hydrogen-bond acceptors (Lipinski definition) is 10. The Balaban J connectivity index is 0.000000573. The number of benzene rings is 2. The first-order valence-electron chi connectivity index (χ1n) is 16.1. The van der Waals surface area contributed by atoms with Crippen molar-refractivity contribution in [3.05, 3.63) is 78.8 Å². The van der Waals surface area contributed by atoms with E-state index in [0.29, 0.717) is 39.7 Å². The second-order valence-corrected chi connectivity index (χ2v) is 11.9. The van der Waals surface area contributed by atoms with Crippen LogP contribution in [-0.2, 0) is 23.2 Å². The molecule has 1 amide bonds. The van der Waals surface area contributed by atoms with Crippen LogP contribution in [0, 0.1) is 0 Å². The lowest BCUT2D eigenvalue weighted by Crippen LogP contribution is -2.34. The molecule has 0 unspecified atom stereocenters. The van der Waals surface area contributed by atoms with Crippen LogP contribution in [0.25, 0.3) is 33.2 Å². The SMILES string of the molecule is CC(=O)O.CC(=O)O.COc1cc(-c2nn(C3CCN(Cc4cnc[nH]4)CC3)c3ncnc(N)c23)ccc1NC(=O)c1cc2ccccc2n1C. The highest BCUT2D eigenvalue weighted by Crippen LogP contribution is 2.37. The molecule has 0 atom stereocenters. The molecule has 4 aromatic heterocycles. The van der Waals surface area contributed by atoms with Gasteiger partial charge >= 0.3 is 0 Å². The number of nitrogen functional groups attached to an aromatic ring is 1. The minimum Gasteiger partial charge on any atom is -0.495 e. The van der Waals surface area contributed by atoms with Crippen molar-refractivity contribution in [1.29, 1.82) is 0 Å². The van der Waals surface area contributed by atoms with Crippen LogP contribution in [0.1, 0.15) is 48.9 Å². The number of carboxylic acid groups (broad SMARTS) is 2. The van der Waals surface area contributed by atoms with Crippen LogP contribution in [0.2, 0.25) is 0 Å². The van der Waals surface area contributed by atoms with Crippen molar-refractivity contribution < 1.29 is 29.3 Å². The highest BCUT2D eigenvalue weighted by atomic mass is 16.5. The van der Waals surface area contributed by atoms with E-state index in [1.807, 2.05) is 71.0 Å². The summed E-state index contributed by atoms with van der Waals surface area (Å²) in [6.07, 6.45) is 6.92. The van der Waals surface area contributed by atoms with Gasteiger partial charge in [-0.05, 0) is 37.1 Å². The van der Waals surface area contributed by atoms with Crippen LogP contribution in [0.15, 0.2) is 67.4 Å². The van der Waals surface area contributed by atoms with Crippen LogP contribution in [-0.4, -0.2) is 87.4 Å². The number of carbonyl (C=O) groups excluding carboxylic acids is 1. The minimum atomic E-state index is -0.833. The fourth-order valence-electron chi connectivity index (χ4n) is 6.02. The third-order valence-electron chi connectivity index (χ3n) is 8.28. The number of aliphatic carboxylic acids is 2. The molecule has 51 heavy (non-hydrogen) atoms. The number of imidazole rings is 1. The predicted octanol–water partition coefficient (Wildman–Crippen LogP) is 4.57. The van der Waals surface area contributed by atoms with Crippen molar-refractivity contribution in [3.8, 4) is 17.0 Å². The van der Waals surface area contributed by atoms with E-state index in [4.69, 9.17) is 35.4 Å². The van der Waals surface area contributed by atoms with Gasteiger partial charge in [0.1, 0.15) is 29.3 Å². The number of nitrogens with zero attached hydrogens (tertiary/aromatic N) is 7. The molecule has 0 radical (unpaired) electrons. The monoisotopic (exact) mass is 696 g/mol. The molecule has 0 bridgehead atoms. The number of H-pyrrole nitrogens is 1. The Morgan fingerprint density at radius 2 is 1.75 bits per heavy atom. The number of ether oxygens (including phenoxy) is 1. The van der Waals surface area contributed by atoms with Crippen LogP contribution in [0.5, 0.6) is 5.75 Å². The summed E-state index contributed by atoms with van der Waals surface area (Å²) in [6, 6.07) is 15.6. The Morgan fingerprint density at radius 3 is 2.39 bits per heavy atom. The fraction of sp³-hybridized carbons (Fsp3) is 0.286. The number of methoxy groups -OCH3 is 1. The smallest absolute Gasteiger partial charge is 0.300 e. The van der Waals surface area contributed by atoms with Gasteiger partial charge in [-0.3, -0.25) is 19.3 Å². The number of hydrogen-bond donors (Lipinski definition) is 5. The van der Waals surface area contributed by atoms with E-state index in [9.17, 15) is 4.79 Å². The molecule has 6 aromatic rings. The highest BCUT2D eigenvalue weighted by molar-refractivity contribution is 6.07. The van der Waals surface area contributed by atoms with E-state index in [2.05, 4.69) is 30.2 Å². The third kappa shape index (κ3) is 8.48. The standard InChI is InChI=1S/C31H32N10O2.2C2H4O2/c1-39-24-6-4-3-5-19(24)13-25(39)31(42)37-23-8-7-20(14-26(23)43-2)28-27-29(32)35-18-36-30(27)41(38-28)22-9-11-40(12-10-22)16-21-15-33-17-34-21;2*1-2(3)4/h3-8,13-15,17-18,22H,9-12,16H2,1-2H3,(H,33,34)(H,37,42)(H2,32,35,36);2*1H3,(H,3,4). The van der Waals surface area contributed by atoms with Gasteiger partial charge in [0.25, 0.3) is 17.8 Å². The van der Waals surface area contributed by atoms with Crippen LogP contribution in [0.3, 0.4) is 0 Å². The first kappa shape index (κ1) is 36.0. The van der Waals surface area contributed by atoms with Crippen LogP contribution in [0.4, 0.5) is 11.5 Å². The van der Waals surface area contributed by atoms with Gasteiger partial charge in [-0.15, -0.1) is 0 Å². The molecule has 1 fully saturated rings. The topological polar surface area (TPSA) is 219 Å². The number of amides is 1. The zero-order valence-electron chi connectivity index (χ0n) is 28.7. The number of anilines is 2. The number of nitrogens with two attached hydrogens (primary N) is 1. The molecule has 16 heteroatoms. The van der Waals surface area contributed by atoms with E-state index in [1.165, 1.54) is 6.33 Å². The minimum absolute atomic E-state index is 0.171. The number of piperidine rings is 1. The first-order valence-corrected chi connectivity index (χ1v) is 16.1. The number of fused-ring (bicyclic) bond motifs is 2. The molecular formula is C35H40N10O6. The van der Waals surface area contributed by atoms with Gasteiger partial charge in [0.05, 0.1) is 30.6 Å². The number of aromatic nitrogens is 7. The van der Waals surface area contributed by atoms with Gasteiger partial charge in [0, 0.05) is 68.9 Å². The average Bonchev–Trinajstić information content (AvgIpc) is 3.84. The van der Waals surface area contributed by atoms with Crippen LogP contribution >= 0.6 is 0 Å². The summed E-state index contributed by atoms with van der Waals surface area (Å²) in [7, 11) is 3.46. The van der Waals surface area contributed by atoms with E-state index in [1.54, 1.807) is 13.4 Å². The number of aromatic amines is 1. The summed E-state index contributed by atoms with van der Waals surface area (Å²) in [5.41, 5.74) is 11.8. The molecule has 2 aromatic carbocycles. The average molecular weight is 697 g/mol. The lowest BCUT2D eigenvalue weighted by molar-refractivity contribution is -0.135. The van der Waals surface area contributed by atoms with Crippen molar-refractivity contribution in [2.45, 2.75) is 39.3 Å². The second kappa shape index (κ2) is 15.9. The van der Waals surface area contributed by atoms with E-state index < -0.39 is 11.9 Å². The molecule has 1 saturated heterocycles. The second-order valence-electron chi connectivity index (χ2n) is 11.9. The van der Waals surface area contributed by atoms with Crippen molar-refractivity contribution >= 4 is 51.3 Å². The summed E-state index contributed by atoms with van der Waals surface area (Å²) in [5, 5.41) is 24.6. The molecule has 16 nitrogen and oxygen atoms in total. The van der Waals surface area contributed by atoms with Gasteiger partial charge in [0.2, 0.25) is 0 Å². The lowest BCUT2D eigenvalue weighted by atomic mass is 10.0. The Morgan fingerprint density at radius 1 is 1.04 bits per heavy atom. The first-order chi connectivity index (χ1) is 24.5. The molecule has 0 aliphatic carbocycles. The zero-order chi connectivity index (χ0) is 36.7. The summed E-state index contributed by atoms with van der Waals surface area (Å²) in [6.45, 7) is 4.87. The largest absolute Gasteiger partial charge is 0.495 e. The highest BCUT2D eigenvalue weighted by Gasteiger charge is 2.27. The maximum Gasteiger partial charge on any atom is 0.300 e. The van der Waals surface area contributed by atoms with Crippen LogP contribution < -0.4 is 15.8 Å². The van der Waals surface area contributed by atoms with Crippen molar-refractivity contribution in [2.24, 2.45) is 7.05 Å². The number of rotatable bonds is 7. The number of nitrogens with one attached hydrogen (secondary N) is 2. The maximum absolute atomic E-state index is 13.3. The maximum atomic E-state index is 13.3. The van der Waals surface area contributed by atoms with Gasteiger partial charge in [-0.2, -0.15) is 5.10 Å². The quantitative estimate of drug-likeness (QED) is 0.155. The molecule has 6 N–H and O–H groups in total. The number of carboxylic acids is 2. The van der Waals surface area contributed by atoms with Crippen molar-refractivity contribution in [3.63, 3.8) is 0 Å². The van der Waals surface area contributed by atoms with Gasteiger partial charge in [-0.25, -0.2) is 19.6 Å². The Bertz CT molecular complexity index is 2130. The van der Waals surface area contributed by atoms with E-state index in [-0.39, 0.29) is 11.9 Å². The van der Waals surface area contributed by atoms with Gasteiger partial charge < -0.3 is 35.6 Å². The lowest BCUT2D eigenvalue weighted by Gasteiger charge is -2.31. The number of carbonyl (C=O) groups is 3. The molecule has 1 aliphatic rings. The molecule has 5 heterocycles. The van der Waals surface area contributed by atoms with E-state index in [0.717, 1.165) is 68.5 Å². The fourth-order valence-corrected chi connectivity index (χ4v) is 6.02. The Labute approximate surface area is 292 Å². The molecule has 0 spiro atoms. The third-order valence-corrected chi connectivity index (χ3v) is 8.28. The summed E-state index contributed by atoms with van der Waals surface area (Å²) in [5.74, 6) is -1.01. The molecule has 1 aliphatic heterocycles. The summed E-state index contributed by atoms with van der Waals surface area (Å²) >= 11 is 0. The van der Waals surface area contributed by atoms with Crippen molar-refractivity contribution in [1.82, 2.24) is 39.2 Å². The van der Waals surface area contributed by atoms with Crippen molar-refractivity contribution in [2.75, 3.05) is 31.2 Å². The van der Waals surface area contributed by atoms with Gasteiger partial charge in [-0.1, -0.05) is 24.3 Å². The summed E-state index contributed by atoms with van der Waals surface area (Å²) in [4.78, 5) is 49.9. The number of likely N-dealkylation sites (tertiary alicyclic amines) is 1. The molecule has 0 saturated carbocycles. The van der Waals surface area contributed by atoms with E-state index >= 15 is 0 Å². The predicted molar refractivity (Wildman–Crippen MR) is 191 cm³/mol. The number of para-hydroxylation sites is 1.